The third-order valence-corrected chi connectivity index (χ3v) is 5.24. The number of para-hydroxylation sites is 1. The van der Waals surface area contributed by atoms with Crippen molar-refractivity contribution in [2.24, 2.45) is 5.92 Å². The number of carbonyl (C=O) groups excluding carboxylic acids is 2. The second kappa shape index (κ2) is 7.82. The number of thiazole rings is 1. The van der Waals surface area contributed by atoms with Gasteiger partial charge in [0, 0.05) is 23.6 Å². The van der Waals surface area contributed by atoms with Crippen molar-refractivity contribution in [3.63, 3.8) is 0 Å². The Balaban J connectivity index is 1.41. The smallest absolute Gasteiger partial charge is 0.233 e. The number of nitrogens with one attached hydrogen (secondary N) is 2. The molecule has 1 unspecified atom stereocenters. The molecule has 0 saturated heterocycles. The summed E-state index contributed by atoms with van der Waals surface area (Å²) >= 11 is 1.38. The van der Waals surface area contributed by atoms with E-state index in [0.29, 0.717) is 18.2 Å². The Bertz CT molecular complexity index is 1010. The van der Waals surface area contributed by atoms with E-state index >= 15 is 0 Å². The number of anilines is 2. The van der Waals surface area contributed by atoms with Gasteiger partial charge in [-0.25, -0.2) is 4.98 Å². The van der Waals surface area contributed by atoms with E-state index < -0.39 is 0 Å². The molecule has 2 heterocycles. The van der Waals surface area contributed by atoms with Crippen molar-refractivity contribution in [3.8, 4) is 17.0 Å². The summed E-state index contributed by atoms with van der Waals surface area (Å²) in [7, 11) is 0. The lowest BCUT2D eigenvalue weighted by Crippen LogP contribution is -2.32. The Kier molecular flexibility index (Phi) is 5.08. The average Bonchev–Trinajstić information content (AvgIpc) is 3.16. The lowest BCUT2D eigenvalue weighted by atomic mass is 9.96. The van der Waals surface area contributed by atoms with E-state index in [0.717, 1.165) is 28.3 Å². The molecule has 1 aliphatic rings. The summed E-state index contributed by atoms with van der Waals surface area (Å²) in [6, 6.07) is 15.2. The molecule has 3 aromatic rings. The highest BCUT2D eigenvalue weighted by Gasteiger charge is 2.26. The predicted molar refractivity (Wildman–Crippen MR) is 110 cm³/mol. The van der Waals surface area contributed by atoms with Crippen molar-refractivity contribution < 1.29 is 14.3 Å². The van der Waals surface area contributed by atoms with E-state index in [4.69, 9.17) is 4.74 Å². The molecule has 1 aliphatic heterocycles. The van der Waals surface area contributed by atoms with Crippen LogP contribution >= 0.6 is 11.3 Å². The standard InChI is InChI=1S/C21H19N3O3S/c1-13(25)22-17-8-6-14(7-9-17)18-12-28-21(23-18)24-20(26)16-10-15-4-2-3-5-19(15)27-11-16/h2-9,12,16H,10-11H2,1H3,(H,22,25)(H,23,24,26). The minimum atomic E-state index is -0.237. The van der Waals surface area contributed by atoms with Crippen molar-refractivity contribution >= 4 is 34.0 Å². The molecule has 0 spiro atoms. The first-order chi connectivity index (χ1) is 13.6. The second-order valence-electron chi connectivity index (χ2n) is 6.61. The molecule has 0 saturated carbocycles. The highest BCUT2D eigenvalue weighted by Crippen LogP contribution is 2.29. The Hall–Kier alpha value is -3.19. The molecule has 0 bridgehead atoms. The van der Waals surface area contributed by atoms with Gasteiger partial charge in [-0.1, -0.05) is 30.3 Å². The van der Waals surface area contributed by atoms with Crippen LogP contribution in [-0.4, -0.2) is 23.4 Å². The number of fused-ring (bicyclic) bond motifs is 1. The lowest BCUT2D eigenvalue weighted by Gasteiger charge is -2.24. The van der Waals surface area contributed by atoms with Crippen molar-refractivity contribution in [2.45, 2.75) is 13.3 Å². The van der Waals surface area contributed by atoms with Gasteiger partial charge in [-0.05, 0) is 30.2 Å². The normalized spacial score (nSPS) is 15.2. The third kappa shape index (κ3) is 4.04. The van der Waals surface area contributed by atoms with Crippen molar-refractivity contribution in [2.75, 3.05) is 17.2 Å². The first kappa shape index (κ1) is 18.2. The first-order valence-electron chi connectivity index (χ1n) is 8.93. The van der Waals surface area contributed by atoms with Gasteiger partial charge in [0.05, 0.1) is 11.6 Å². The summed E-state index contributed by atoms with van der Waals surface area (Å²) in [4.78, 5) is 28.2. The van der Waals surface area contributed by atoms with Crippen LogP contribution in [0.3, 0.4) is 0 Å². The molecule has 4 rings (SSSR count). The van der Waals surface area contributed by atoms with E-state index in [2.05, 4.69) is 15.6 Å². The van der Waals surface area contributed by atoms with Gasteiger partial charge in [-0.15, -0.1) is 11.3 Å². The van der Waals surface area contributed by atoms with Gasteiger partial charge in [0.2, 0.25) is 11.8 Å². The zero-order valence-corrected chi connectivity index (χ0v) is 16.1. The molecular formula is C21H19N3O3S. The molecule has 0 fully saturated rings. The third-order valence-electron chi connectivity index (χ3n) is 4.49. The maximum absolute atomic E-state index is 12.6. The first-order valence-corrected chi connectivity index (χ1v) is 9.81. The van der Waals surface area contributed by atoms with Crippen LogP contribution in [0.15, 0.2) is 53.9 Å². The number of hydrogen-bond acceptors (Lipinski definition) is 5. The topological polar surface area (TPSA) is 80.3 Å². The molecule has 2 N–H and O–H groups in total. The van der Waals surface area contributed by atoms with E-state index in [1.165, 1.54) is 18.3 Å². The van der Waals surface area contributed by atoms with Gasteiger partial charge in [-0.3, -0.25) is 9.59 Å². The summed E-state index contributed by atoms with van der Waals surface area (Å²) in [5, 5.41) is 8.09. The SMILES string of the molecule is CC(=O)Nc1ccc(-c2csc(NC(=O)C3COc4ccccc4C3)n2)cc1. The van der Waals surface area contributed by atoms with Gasteiger partial charge in [0.15, 0.2) is 5.13 Å². The van der Waals surface area contributed by atoms with Gasteiger partial charge >= 0.3 is 0 Å². The van der Waals surface area contributed by atoms with Crippen LogP contribution in [0.4, 0.5) is 10.8 Å². The van der Waals surface area contributed by atoms with E-state index in [9.17, 15) is 9.59 Å². The van der Waals surface area contributed by atoms with Crippen LogP contribution in [0.2, 0.25) is 0 Å². The zero-order valence-electron chi connectivity index (χ0n) is 15.3. The molecule has 142 valence electrons. The van der Waals surface area contributed by atoms with Gasteiger partial charge in [0.1, 0.15) is 12.4 Å². The highest BCUT2D eigenvalue weighted by molar-refractivity contribution is 7.14. The fourth-order valence-electron chi connectivity index (χ4n) is 3.10. The molecule has 6 nitrogen and oxygen atoms in total. The van der Waals surface area contributed by atoms with E-state index in [1.807, 2.05) is 53.9 Å². The van der Waals surface area contributed by atoms with Crippen molar-refractivity contribution in [1.29, 1.82) is 0 Å². The summed E-state index contributed by atoms with van der Waals surface area (Å²) < 4.78 is 5.70. The number of ether oxygens (including phenoxy) is 1. The number of amides is 2. The van der Waals surface area contributed by atoms with Gasteiger partial charge in [-0.2, -0.15) is 0 Å². The largest absolute Gasteiger partial charge is 0.492 e. The molecule has 2 aromatic carbocycles. The predicted octanol–water partition coefficient (Wildman–Crippen LogP) is 3.96. The fourth-order valence-corrected chi connectivity index (χ4v) is 3.82. The molecule has 1 atom stereocenters. The number of nitrogens with zero attached hydrogens (tertiary/aromatic N) is 1. The van der Waals surface area contributed by atoms with Crippen LogP contribution in [0, 0.1) is 5.92 Å². The maximum atomic E-state index is 12.6. The summed E-state index contributed by atoms with van der Waals surface area (Å²) in [6.07, 6.45) is 0.658. The Morgan fingerprint density at radius 3 is 2.68 bits per heavy atom. The monoisotopic (exact) mass is 393 g/mol. The Morgan fingerprint density at radius 1 is 1.11 bits per heavy atom. The molecule has 0 aliphatic carbocycles. The lowest BCUT2D eigenvalue weighted by molar-refractivity contribution is -0.121. The average molecular weight is 393 g/mol. The minimum absolute atomic E-state index is 0.0867. The van der Waals surface area contributed by atoms with Crippen LogP contribution in [0.5, 0.6) is 5.75 Å². The van der Waals surface area contributed by atoms with Gasteiger partial charge < -0.3 is 15.4 Å². The van der Waals surface area contributed by atoms with Crippen LogP contribution in [0.25, 0.3) is 11.3 Å². The van der Waals surface area contributed by atoms with Crippen molar-refractivity contribution in [1.82, 2.24) is 4.98 Å². The van der Waals surface area contributed by atoms with Crippen LogP contribution in [-0.2, 0) is 16.0 Å². The van der Waals surface area contributed by atoms with Crippen LogP contribution in [0.1, 0.15) is 12.5 Å². The molecule has 2 amide bonds. The summed E-state index contributed by atoms with van der Waals surface area (Å²) in [6.45, 7) is 1.84. The summed E-state index contributed by atoms with van der Waals surface area (Å²) in [5.74, 6) is 0.419. The Labute approximate surface area is 166 Å². The molecule has 0 radical (unpaired) electrons. The number of rotatable bonds is 4. The van der Waals surface area contributed by atoms with Crippen LogP contribution < -0.4 is 15.4 Å². The van der Waals surface area contributed by atoms with E-state index in [-0.39, 0.29) is 17.7 Å². The zero-order chi connectivity index (χ0) is 19.5. The maximum Gasteiger partial charge on any atom is 0.233 e. The highest BCUT2D eigenvalue weighted by atomic mass is 32.1. The number of carbonyl (C=O) groups is 2. The number of benzene rings is 2. The number of aromatic nitrogens is 1. The second-order valence-corrected chi connectivity index (χ2v) is 7.46. The molecular weight excluding hydrogens is 374 g/mol. The van der Waals surface area contributed by atoms with Crippen molar-refractivity contribution in [3.05, 3.63) is 59.5 Å². The molecule has 7 heteroatoms. The van der Waals surface area contributed by atoms with E-state index in [1.54, 1.807) is 0 Å². The fraction of sp³-hybridized carbons (Fsp3) is 0.190. The molecule has 1 aromatic heterocycles. The summed E-state index contributed by atoms with van der Waals surface area (Å²) in [5.41, 5.74) is 3.48. The Morgan fingerprint density at radius 2 is 1.89 bits per heavy atom. The minimum Gasteiger partial charge on any atom is -0.492 e. The quantitative estimate of drug-likeness (QED) is 0.703. The van der Waals surface area contributed by atoms with Gasteiger partial charge in [0.25, 0.3) is 0 Å². The molecule has 28 heavy (non-hydrogen) atoms. The number of hydrogen-bond donors (Lipinski definition) is 2.